The molecule has 3 nitrogen and oxygen atoms in total. The standard InChI is InChI=1S/C30H33O3P/c1-8-9-10-25-11-13-26(14-12-25)34(33,29(31)27-21(4)15-19(2)16-22(27)5)30(32)28-23(6)17-20(3)18-24(28)7/h8,11-18H,1,9-10H2,2-7H3. The van der Waals surface area contributed by atoms with Crippen LogP contribution in [0.1, 0.15) is 66.1 Å². The molecule has 0 radical (unpaired) electrons. The van der Waals surface area contributed by atoms with Crippen LogP contribution in [0.5, 0.6) is 0 Å². The fraction of sp³-hybridized carbons (Fsp3) is 0.267. The number of carbonyl (C=O) groups excluding carboxylic acids is 2. The number of carbonyl (C=O) groups is 2. The van der Waals surface area contributed by atoms with Crippen LogP contribution in [-0.4, -0.2) is 11.0 Å². The molecule has 0 fully saturated rings. The third kappa shape index (κ3) is 4.76. The molecule has 0 bridgehead atoms. The third-order valence-corrected chi connectivity index (χ3v) is 8.91. The molecule has 0 saturated carbocycles. The van der Waals surface area contributed by atoms with Crippen molar-refractivity contribution in [3.05, 3.63) is 111 Å². The molecule has 0 saturated heterocycles. The molecule has 0 N–H and O–H groups in total. The Hall–Kier alpha value is -3.03. The zero-order valence-electron chi connectivity index (χ0n) is 21.0. The van der Waals surface area contributed by atoms with Crippen molar-refractivity contribution in [1.29, 1.82) is 0 Å². The van der Waals surface area contributed by atoms with Crippen molar-refractivity contribution in [2.75, 3.05) is 0 Å². The highest BCUT2D eigenvalue weighted by molar-refractivity contribution is 8.01. The Balaban J connectivity index is 2.26. The van der Waals surface area contributed by atoms with Crippen LogP contribution in [0.4, 0.5) is 0 Å². The number of rotatable bonds is 8. The average molecular weight is 473 g/mol. The molecule has 3 rings (SSSR count). The smallest absolute Gasteiger partial charge is 0.248 e. The second-order valence-electron chi connectivity index (χ2n) is 9.26. The van der Waals surface area contributed by atoms with Crippen LogP contribution in [0.2, 0.25) is 0 Å². The van der Waals surface area contributed by atoms with Gasteiger partial charge in [-0.2, -0.15) is 0 Å². The monoisotopic (exact) mass is 472 g/mol. The van der Waals surface area contributed by atoms with Crippen molar-refractivity contribution >= 4 is 23.5 Å². The summed E-state index contributed by atoms with van der Waals surface area (Å²) in [4.78, 5) is 28.2. The molecule has 0 amide bonds. The van der Waals surface area contributed by atoms with Gasteiger partial charge in [-0.15, -0.1) is 6.58 Å². The summed E-state index contributed by atoms with van der Waals surface area (Å²) in [6, 6.07) is 14.7. The highest BCUT2D eigenvalue weighted by atomic mass is 31.2. The number of hydrogen-bond donors (Lipinski definition) is 0. The molecule has 3 aromatic carbocycles. The molecular weight excluding hydrogens is 439 g/mol. The first kappa shape index (κ1) is 25.6. The van der Waals surface area contributed by atoms with Crippen molar-refractivity contribution in [2.45, 2.75) is 54.4 Å². The summed E-state index contributed by atoms with van der Waals surface area (Å²) >= 11 is 0. The maximum absolute atomic E-state index is 14.8. The topological polar surface area (TPSA) is 51.2 Å². The van der Waals surface area contributed by atoms with Gasteiger partial charge in [-0.05, 0) is 82.2 Å². The quantitative estimate of drug-likeness (QED) is 0.255. The molecule has 3 aromatic rings. The Morgan fingerprint density at radius 1 is 0.735 bits per heavy atom. The first-order valence-corrected chi connectivity index (χ1v) is 13.3. The molecule has 0 aliphatic carbocycles. The largest absolute Gasteiger partial charge is 0.302 e. The summed E-state index contributed by atoms with van der Waals surface area (Å²) in [5, 5.41) is 0.281. The van der Waals surface area contributed by atoms with E-state index >= 15 is 0 Å². The van der Waals surface area contributed by atoms with E-state index in [0.29, 0.717) is 11.1 Å². The van der Waals surface area contributed by atoms with Crippen molar-refractivity contribution in [3.8, 4) is 0 Å². The van der Waals surface area contributed by atoms with E-state index < -0.39 is 18.2 Å². The first-order valence-electron chi connectivity index (χ1n) is 11.6. The van der Waals surface area contributed by atoms with E-state index in [2.05, 4.69) is 6.58 Å². The number of allylic oxidation sites excluding steroid dienone is 1. The van der Waals surface area contributed by atoms with Crippen LogP contribution in [0.3, 0.4) is 0 Å². The summed E-state index contributed by atoms with van der Waals surface area (Å²) in [5.74, 6) is 0. The van der Waals surface area contributed by atoms with Crippen LogP contribution in [0, 0.1) is 41.5 Å². The predicted molar refractivity (Wildman–Crippen MR) is 142 cm³/mol. The maximum Gasteiger partial charge on any atom is 0.248 e. The molecule has 0 unspecified atom stereocenters. The van der Waals surface area contributed by atoms with Gasteiger partial charge in [0, 0.05) is 16.4 Å². The van der Waals surface area contributed by atoms with Gasteiger partial charge in [0.1, 0.15) is 0 Å². The SMILES string of the molecule is C=CCCc1ccc(P(=O)(C(=O)c2c(C)cc(C)cc2C)C(=O)c2c(C)cc(C)cc2C)cc1. The number of hydrogen-bond acceptors (Lipinski definition) is 3. The minimum absolute atomic E-state index is 0.281. The van der Waals surface area contributed by atoms with Gasteiger partial charge in [0.2, 0.25) is 18.2 Å². The second kappa shape index (κ2) is 10.1. The Morgan fingerprint density at radius 3 is 1.47 bits per heavy atom. The second-order valence-corrected chi connectivity index (χ2v) is 11.8. The lowest BCUT2D eigenvalue weighted by Gasteiger charge is -2.21. The Morgan fingerprint density at radius 2 is 1.12 bits per heavy atom. The van der Waals surface area contributed by atoms with Crippen molar-refractivity contribution in [2.24, 2.45) is 0 Å². The van der Waals surface area contributed by atoms with Gasteiger partial charge in [0.25, 0.3) is 0 Å². The average Bonchev–Trinajstić information content (AvgIpc) is 2.75. The van der Waals surface area contributed by atoms with Crippen LogP contribution in [-0.2, 0) is 11.0 Å². The van der Waals surface area contributed by atoms with E-state index in [1.807, 2.05) is 84.0 Å². The molecular formula is C30H33O3P. The van der Waals surface area contributed by atoms with Gasteiger partial charge in [-0.25, -0.2) is 0 Å². The Bertz CT molecular complexity index is 1210. The lowest BCUT2D eigenvalue weighted by Crippen LogP contribution is -2.23. The van der Waals surface area contributed by atoms with Crippen LogP contribution < -0.4 is 5.30 Å². The van der Waals surface area contributed by atoms with E-state index in [0.717, 1.165) is 51.8 Å². The van der Waals surface area contributed by atoms with E-state index in [4.69, 9.17) is 0 Å². The van der Waals surface area contributed by atoms with Crippen molar-refractivity contribution in [1.82, 2.24) is 0 Å². The van der Waals surface area contributed by atoms with E-state index in [1.165, 1.54) is 0 Å². The van der Waals surface area contributed by atoms with Crippen molar-refractivity contribution < 1.29 is 14.2 Å². The fourth-order valence-corrected chi connectivity index (χ4v) is 7.38. The maximum atomic E-state index is 14.8. The first-order chi connectivity index (χ1) is 16.0. The molecule has 0 aromatic heterocycles. The molecule has 4 heteroatoms. The van der Waals surface area contributed by atoms with Gasteiger partial charge in [0.05, 0.1) is 0 Å². The van der Waals surface area contributed by atoms with Crippen molar-refractivity contribution in [3.63, 3.8) is 0 Å². The zero-order chi connectivity index (χ0) is 25.2. The van der Waals surface area contributed by atoms with Gasteiger partial charge in [-0.1, -0.05) is 65.7 Å². The molecule has 0 heterocycles. The van der Waals surface area contributed by atoms with E-state index in [-0.39, 0.29) is 5.30 Å². The minimum Gasteiger partial charge on any atom is -0.302 e. The molecule has 34 heavy (non-hydrogen) atoms. The minimum atomic E-state index is -4.18. The zero-order valence-corrected chi connectivity index (χ0v) is 21.9. The van der Waals surface area contributed by atoms with E-state index in [9.17, 15) is 14.2 Å². The molecule has 176 valence electrons. The van der Waals surface area contributed by atoms with Crippen LogP contribution >= 0.6 is 7.14 Å². The highest BCUT2D eigenvalue weighted by Crippen LogP contribution is 2.52. The van der Waals surface area contributed by atoms with Crippen LogP contribution in [0.25, 0.3) is 0 Å². The van der Waals surface area contributed by atoms with Gasteiger partial charge in [-0.3, -0.25) is 9.59 Å². The summed E-state index contributed by atoms with van der Waals surface area (Å²) in [5.41, 5.74) is 5.57. The number of aryl methyl sites for hydroxylation is 7. The Kier molecular flexibility index (Phi) is 7.58. The normalized spacial score (nSPS) is 11.4. The molecule has 0 aliphatic heterocycles. The summed E-state index contributed by atoms with van der Waals surface area (Å²) < 4.78 is 14.8. The van der Waals surface area contributed by atoms with Gasteiger partial charge in [0.15, 0.2) is 0 Å². The highest BCUT2D eigenvalue weighted by Gasteiger charge is 2.44. The molecule has 0 atom stereocenters. The van der Waals surface area contributed by atoms with Gasteiger partial charge < -0.3 is 4.57 Å². The lowest BCUT2D eigenvalue weighted by molar-refractivity contribution is 0.104. The molecule has 0 aliphatic rings. The van der Waals surface area contributed by atoms with E-state index in [1.54, 1.807) is 12.1 Å². The predicted octanol–water partition coefficient (Wildman–Crippen LogP) is 7.32. The summed E-state index contributed by atoms with van der Waals surface area (Å²) in [7, 11) is -4.18. The molecule has 0 spiro atoms. The lowest BCUT2D eigenvalue weighted by atomic mass is 10.0. The summed E-state index contributed by atoms with van der Waals surface area (Å²) in [6.07, 6.45) is 3.46. The summed E-state index contributed by atoms with van der Waals surface area (Å²) in [6.45, 7) is 15.0. The Labute approximate surface area is 203 Å². The third-order valence-electron chi connectivity index (χ3n) is 6.29. The number of benzene rings is 3. The fourth-order valence-electron chi connectivity index (χ4n) is 4.82. The van der Waals surface area contributed by atoms with Gasteiger partial charge >= 0.3 is 0 Å². The van der Waals surface area contributed by atoms with Crippen LogP contribution in [0.15, 0.2) is 61.2 Å².